The van der Waals surface area contributed by atoms with Gasteiger partial charge in [0.1, 0.15) is 0 Å². The summed E-state index contributed by atoms with van der Waals surface area (Å²) in [6, 6.07) is 0. The summed E-state index contributed by atoms with van der Waals surface area (Å²) in [5, 5.41) is 17.9. The van der Waals surface area contributed by atoms with E-state index in [-0.39, 0.29) is 5.82 Å². The SMILES string of the molecule is CC1CCC(B(O)O)CC1C. The molecule has 0 saturated heterocycles. The lowest BCUT2D eigenvalue weighted by Gasteiger charge is -2.31. The van der Waals surface area contributed by atoms with E-state index >= 15 is 0 Å². The van der Waals surface area contributed by atoms with E-state index in [1.165, 1.54) is 0 Å². The highest BCUT2D eigenvalue weighted by Gasteiger charge is 2.31. The van der Waals surface area contributed by atoms with Crippen molar-refractivity contribution in [1.82, 2.24) is 0 Å². The first-order chi connectivity index (χ1) is 5.11. The van der Waals surface area contributed by atoms with Gasteiger partial charge < -0.3 is 10.0 Å². The number of hydrogen-bond donors (Lipinski definition) is 2. The van der Waals surface area contributed by atoms with Crippen LogP contribution in [0.15, 0.2) is 0 Å². The van der Waals surface area contributed by atoms with E-state index in [9.17, 15) is 0 Å². The zero-order valence-electron chi connectivity index (χ0n) is 7.33. The highest BCUT2D eigenvalue weighted by atomic mass is 16.4. The maximum Gasteiger partial charge on any atom is 0.454 e. The lowest BCUT2D eigenvalue weighted by atomic mass is 9.61. The predicted octanol–water partition coefficient (Wildman–Crippen LogP) is 1.29. The van der Waals surface area contributed by atoms with Crippen molar-refractivity contribution in [2.75, 3.05) is 0 Å². The standard InChI is InChI=1S/C8H17BO2/c1-6-3-4-8(9(10)11)5-7(6)2/h6-8,10-11H,3-5H2,1-2H3. The molecule has 0 aromatic rings. The molecule has 0 aromatic carbocycles. The van der Waals surface area contributed by atoms with Gasteiger partial charge in [0, 0.05) is 0 Å². The topological polar surface area (TPSA) is 40.5 Å². The minimum Gasteiger partial charge on any atom is -0.427 e. The molecule has 0 aromatic heterocycles. The van der Waals surface area contributed by atoms with Crippen LogP contribution in [0.5, 0.6) is 0 Å². The molecule has 0 aliphatic heterocycles. The second-order valence-corrected chi connectivity index (χ2v) is 3.94. The van der Waals surface area contributed by atoms with E-state index in [4.69, 9.17) is 10.0 Å². The van der Waals surface area contributed by atoms with Gasteiger partial charge in [-0.25, -0.2) is 0 Å². The van der Waals surface area contributed by atoms with Crippen molar-refractivity contribution in [3.05, 3.63) is 0 Å². The Morgan fingerprint density at radius 3 is 2.18 bits per heavy atom. The third-order valence-corrected chi connectivity index (χ3v) is 3.06. The molecule has 1 rings (SSSR count). The van der Waals surface area contributed by atoms with Crippen LogP contribution in [0.4, 0.5) is 0 Å². The van der Waals surface area contributed by atoms with Gasteiger partial charge in [0.25, 0.3) is 0 Å². The van der Waals surface area contributed by atoms with Crippen LogP contribution in [0.1, 0.15) is 33.1 Å². The normalized spacial score (nSPS) is 38.7. The zero-order chi connectivity index (χ0) is 8.43. The van der Waals surface area contributed by atoms with E-state index in [2.05, 4.69) is 13.8 Å². The van der Waals surface area contributed by atoms with Crippen LogP contribution in [0.3, 0.4) is 0 Å². The molecule has 3 unspecified atom stereocenters. The summed E-state index contributed by atoms with van der Waals surface area (Å²) in [6.45, 7) is 4.43. The predicted molar refractivity (Wildman–Crippen MR) is 46.1 cm³/mol. The van der Waals surface area contributed by atoms with Crippen molar-refractivity contribution >= 4 is 7.12 Å². The third-order valence-electron chi connectivity index (χ3n) is 3.06. The fourth-order valence-electron chi connectivity index (χ4n) is 1.86. The Balaban J connectivity index is 2.40. The average Bonchev–Trinajstić information content (AvgIpc) is 1.94. The summed E-state index contributed by atoms with van der Waals surface area (Å²) in [7, 11) is -1.09. The Kier molecular flexibility index (Phi) is 2.96. The molecule has 3 heteroatoms. The minimum absolute atomic E-state index is 0.126. The second kappa shape index (κ2) is 3.59. The fraction of sp³-hybridized carbons (Fsp3) is 1.00. The minimum atomic E-state index is -1.09. The molecule has 2 nitrogen and oxygen atoms in total. The summed E-state index contributed by atoms with van der Waals surface area (Å²) < 4.78 is 0. The van der Waals surface area contributed by atoms with Crippen LogP contribution in [0.25, 0.3) is 0 Å². The first-order valence-corrected chi connectivity index (χ1v) is 4.47. The van der Waals surface area contributed by atoms with Crippen molar-refractivity contribution < 1.29 is 10.0 Å². The van der Waals surface area contributed by atoms with Crippen molar-refractivity contribution in [3.8, 4) is 0 Å². The van der Waals surface area contributed by atoms with Crippen LogP contribution < -0.4 is 0 Å². The van der Waals surface area contributed by atoms with Gasteiger partial charge in [-0.1, -0.05) is 26.7 Å². The molecule has 0 radical (unpaired) electrons. The van der Waals surface area contributed by atoms with Crippen LogP contribution in [-0.2, 0) is 0 Å². The Morgan fingerprint density at radius 1 is 1.09 bits per heavy atom. The first-order valence-electron chi connectivity index (χ1n) is 4.47. The lowest BCUT2D eigenvalue weighted by Crippen LogP contribution is -2.28. The molecule has 64 valence electrons. The van der Waals surface area contributed by atoms with Crippen molar-refractivity contribution in [2.45, 2.75) is 38.9 Å². The molecule has 2 N–H and O–H groups in total. The maximum absolute atomic E-state index is 8.94. The molecule has 0 spiro atoms. The van der Waals surface area contributed by atoms with Gasteiger partial charge in [-0.3, -0.25) is 0 Å². The van der Waals surface area contributed by atoms with Gasteiger partial charge in [0.15, 0.2) is 0 Å². The summed E-state index contributed by atoms with van der Waals surface area (Å²) in [5.41, 5.74) is 0. The Morgan fingerprint density at radius 2 is 1.73 bits per heavy atom. The molecule has 1 saturated carbocycles. The molecule has 1 aliphatic rings. The van der Waals surface area contributed by atoms with Crippen molar-refractivity contribution in [3.63, 3.8) is 0 Å². The van der Waals surface area contributed by atoms with E-state index in [0.29, 0.717) is 5.92 Å². The molecule has 0 bridgehead atoms. The molecule has 1 aliphatic carbocycles. The van der Waals surface area contributed by atoms with Crippen molar-refractivity contribution in [2.24, 2.45) is 11.8 Å². The van der Waals surface area contributed by atoms with Gasteiger partial charge in [0.05, 0.1) is 0 Å². The Bertz CT molecular complexity index is 127. The highest BCUT2D eigenvalue weighted by molar-refractivity contribution is 6.43. The molecule has 0 heterocycles. The van der Waals surface area contributed by atoms with Crippen LogP contribution in [0.2, 0.25) is 5.82 Å². The smallest absolute Gasteiger partial charge is 0.427 e. The van der Waals surface area contributed by atoms with E-state index in [1.807, 2.05) is 0 Å². The largest absolute Gasteiger partial charge is 0.454 e. The second-order valence-electron chi connectivity index (χ2n) is 3.94. The quantitative estimate of drug-likeness (QED) is 0.561. The van der Waals surface area contributed by atoms with Gasteiger partial charge in [-0.2, -0.15) is 0 Å². The van der Waals surface area contributed by atoms with E-state index in [1.54, 1.807) is 0 Å². The van der Waals surface area contributed by atoms with Crippen LogP contribution >= 0.6 is 0 Å². The zero-order valence-corrected chi connectivity index (χ0v) is 7.33. The maximum atomic E-state index is 8.94. The third kappa shape index (κ3) is 2.21. The van der Waals surface area contributed by atoms with E-state index < -0.39 is 7.12 Å². The van der Waals surface area contributed by atoms with E-state index in [0.717, 1.165) is 25.2 Å². The summed E-state index contributed by atoms with van der Waals surface area (Å²) in [4.78, 5) is 0. The van der Waals surface area contributed by atoms with Gasteiger partial charge in [-0.15, -0.1) is 0 Å². The van der Waals surface area contributed by atoms with Gasteiger partial charge in [0.2, 0.25) is 0 Å². The lowest BCUT2D eigenvalue weighted by molar-refractivity contribution is 0.248. The molecule has 11 heavy (non-hydrogen) atoms. The van der Waals surface area contributed by atoms with Gasteiger partial charge >= 0.3 is 7.12 Å². The Labute approximate surface area is 68.8 Å². The highest BCUT2D eigenvalue weighted by Crippen LogP contribution is 2.37. The molecular formula is C8H17BO2. The van der Waals surface area contributed by atoms with Crippen LogP contribution in [-0.4, -0.2) is 17.2 Å². The molecule has 3 atom stereocenters. The fourth-order valence-corrected chi connectivity index (χ4v) is 1.86. The number of rotatable bonds is 1. The number of hydrogen-bond acceptors (Lipinski definition) is 2. The summed E-state index contributed by atoms with van der Waals surface area (Å²) in [5.74, 6) is 1.53. The molecular weight excluding hydrogens is 139 g/mol. The van der Waals surface area contributed by atoms with Crippen LogP contribution in [0, 0.1) is 11.8 Å². The monoisotopic (exact) mass is 156 g/mol. The first kappa shape index (κ1) is 9.08. The Hall–Kier alpha value is -0.0151. The van der Waals surface area contributed by atoms with Crippen molar-refractivity contribution in [1.29, 1.82) is 0 Å². The summed E-state index contributed by atoms with van der Waals surface area (Å²) >= 11 is 0. The average molecular weight is 156 g/mol. The van der Waals surface area contributed by atoms with Gasteiger partial charge in [-0.05, 0) is 24.1 Å². The molecule has 1 fully saturated rings. The summed E-state index contributed by atoms with van der Waals surface area (Å²) in [6.07, 6.45) is 3.09. The molecule has 0 amide bonds.